The predicted octanol–water partition coefficient (Wildman–Crippen LogP) is 4.04. The molecule has 0 aliphatic heterocycles. The molecule has 0 saturated heterocycles. The van der Waals surface area contributed by atoms with Gasteiger partial charge in [-0.15, -0.1) is 10.2 Å². The summed E-state index contributed by atoms with van der Waals surface area (Å²) < 4.78 is 0. The largest absolute Gasteiger partial charge is 0.326 e. The molecule has 2 amide bonds. The van der Waals surface area contributed by atoms with Crippen molar-refractivity contribution in [2.45, 2.75) is 45.4 Å². The molecule has 1 fully saturated rings. The molecule has 2 N–H and O–H groups in total. The summed E-state index contributed by atoms with van der Waals surface area (Å²) in [7, 11) is 0. The Labute approximate surface area is 151 Å². The summed E-state index contributed by atoms with van der Waals surface area (Å²) >= 11 is 1.42. The molecule has 6 nitrogen and oxygen atoms in total. The zero-order chi connectivity index (χ0) is 17.8. The zero-order valence-corrected chi connectivity index (χ0v) is 15.2. The summed E-state index contributed by atoms with van der Waals surface area (Å²) in [4.78, 5) is 24.3. The first-order valence-electron chi connectivity index (χ1n) is 8.66. The number of nitrogens with one attached hydrogen (secondary N) is 2. The quantitative estimate of drug-likeness (QED) is 0.782. The van der Waals surface area contributed by atoms with Gasteiger partial charge in [-0.2, -0.15) is 0 Å². The minimum Gasteiger partial charge on any atom is -0.326 e. The van der Waals surface area contributed by atoms with Gasteiger partial charge in [0.05, 0.1) is 0 Å². The monoisotopic (exact) mass is 358 g/mol. The maximum atomic E-state index is 12.4. The highest BCUT2D eigenvalue weighted by atomic mass is 32.1. The van der Waals surface area contributed by atoms with Crippen molar-refractivity contribution in [2.24, 2.45) is 5.92 Å². The number of aromatic nitrogens is 2. The fraction of sp³-hybridized carbons (Fsp3) is 0.444. The minimum absolute atomic E-state index is 0.0245. The molecule has 0 radical (unpaired) electrons. The molecular weight excluding hydrogens is 336 g/mol. The molecule has 3 rings (SSSR count). The van der Waals surface area contributed by atoms with Gasteiger partial charge in [0.25, 0.3) is 5.91 Å². The van der Waals surface area contributed by atoms with Gasteiger partial charge in [-0.1, -0.05) is 31.3 Å². The van der Waals surface area contributed by atoms with E-state index in [1.807, 2.05) is 0 Å². The van der Waals surface area contributed by atoms with Crippen LogP contribution in [0, 0.1) is 5.92 Å². The van der Waals surface area contributed by atoms with Crippen LogP contribution in [-0.4, -0.2) is 22.0 Å². The van der Waals surface area contributed by atoms with Gasteiger partial charge in [0.15, 0.2) is 0 Å². The standard InChI is InChI=1S/C18H22N4O2S/c1-3-11(4-2)17-21-22-18(25-17)20-16(24)13-6-5-7-14(10-13)19-15(23)12-8-9-12/h5-7,10-12H,3-4,8-9H2,1-2H3,(H,19,23)(H,20,22,24). The van der Waals surface area contributed by atoms with Gasteiger partial charge in [-0.3, -0.25) is 14.9 Å². The molecule has 0 unspecified atom stereocenters. The predicted molar refractivity (Wildman–Crippen MR) is 99.0 cm³/mol. The van der Waals surface area contributed by atoms with Gasteiger partial charge in [-0.25, -0.2) is 0 Å². The van der Waals surface area contributed by atoms with Gasteiger partial charge in [-0.05, 0) is 43.9 Å². The lowest BCUT2D eigenvalue weighted by molar-refractivity contribution is -0.117. The second-order valence-electron chi connectivity index (χ2n) is 6.26. The molecule has 1 heterocycles. The van der Waals surface area contributed by atoms with Crippen molar-refractivity contribution in [3.63, 3.8) is 0 Å². The Morgan fingerprint density at radius 3 is 2.64 bits per heavy atom. The summed E-state index contributed by atoms with van der Waals surface area (Å²) in [6, 6.07) is 6.93. The van der Waals surface area contributed by atoms with Gasteiger partial charge in [0.2, 0.25) is 11.0 Å². The van der Waals surface area contributed by atoms with Crippen LogP contribution in [0.15, 0.2) is 24.3 Å². The maximum Gasteiger partial charge on any atom is 0.257 e. The fourth-order valence-electron chi connectivity index (χ4n) is 2.59. The molecule has 25 heavy (non-hydrogen) atoms. The zero-order valence-electron chi connectivity index (χ0n) is 14.4. The van der Waals surface area contributed by atoms with Crippen LogP contribution in [0.3, 0.4) is 0 Å². The molecule has 0 bridgehead atoms. The number of benzene rings is 1. The number of carbonyl (C=O) groups excluding carboxylic acids is 2. The van der Waals surface area contributed by atoms with Crippen molar-refractivity contribution in [3.05, 3.63) is 34.8 Å². The summed E-state index contributed by atoms with van der Waals surface area (Å²) in [5.74, 6) is 0.276. The Morgan fingerprint density at radius 2 is 1.96 bits per heavy atom. The van der Waals surface area contributed by atoms with Gasteiger partial charge in [0.1, 0.15) is 5.01 Å². The van der Waals surface area contributed by atoms with Crippen LogP contribution in [0.1, 0.15) is 60.8 Å². The van der Waals surface area contributed by atoms with E-state index in [9.17, 15) is 9.59 Å². The Hall–Kier alpha value is -2.28. The van der Waals surface area contributed by atoms with Crippen LogP contribution in [0.25, 0.3) is 0 Å². The van der Waals surface area contributed by atoms with E-state index in [4.69, 9.17) is 0 Å². The van der Waals surface area contributed by atoms with E-state index in [-0.39, 0.29) is 17.7 Å². The number of hydrogen-bond acceptors (Lipinski definition) is 5. The van der Waals surface area contributed by atoms with E-state index in [1.54, 1.807) is 24.3 Å². The van der Waals surface area contributed by atoms with Gasteiger partial charge < -0.3 is 5.32 Å². The third kappa shape index (κ3) is 4.42. The van der Waals surface area contributed by atoms with E-state index >= 15 is 0 Å². The van der Waals surface area contributed by atoms with Gasteiger partial charge in [0, 0.05) is 23.1 Å². The number of rotatable bonds is 7. The first-order chi connectivity index (χ1) is 12.1. The molecule has 1 aromatic carbocycles. The molecule has 1 aliphatic carbocycles. The minimum atomic E-state index is -0.255. The fourth-order valence-corrected chi connectivity index (χ4v) is 3.59. The van der Waals surface area contributed by atoms with Crippen molar-refractivity contribution in [1.82, 2.24) is 10.2 Å². The summed E-state index contributed by atoms with van der Waals surface area (Å²) in [6.07, 6.45) is 3.90. The molecule has 2 aromatic rings. The van der Waals surface area contributed by atoms with Crippen LogP contribution in [0.4, 0.5) is 10.8 Å². The topological polar surface area (TPSA) is 84.0 Å². The van der Waals surface area contributed by atoms with Crippen LogP contribution >= 0.6 is 11.3 Å². The molecule has 132 valence electrons. The number of amides is 2. The average Bonchev–Trinajstić information content (AvgIpc) is 3.37. The Kier molecular flexibility index (Phi) is 5.43. The molecule has 1 aliphatic rings. The third-order valence-electron chi connectivity index (χ3n) is 4.34. The van der Waals surface area contributed by atoms with Crippen molar-refractivity contribution in [3.8, 4) is 0 Å². The Morgan fingerprint density at radius 1 is 1.20 bits per heavy atom. The van der Waals surface area contributed by atoms with E-state index in [1.165, 1.54) is 11.3 Å². The normalized spacial score (nSPS) is 13.7. The van der Waals surface area contributed by atoms with Crippen LogP contribution < -0.4 is 10.6 Å². The molecular formula is C18H22N4O2S. The number of nitrogens with zero attached hydrogens (tertiary/aromatic N) is 2. The number of hydrogen-bond donors (Lipinski definition) is 2. The molecule has 1 saturated carbocycles. The SMILES string of the molecule is CCC(CC)c1nnc(NC(=O)c2cccc(NC(=O)C3CC3)c2)s1. The lowest BCUT2D eigenvalue weighted by Crippen LogP contribution is -2.15. The van der Waals surface area contributed by atoms with Crippen molar-refractivity contribution in [1.29, 1.82) is 0 Å². The molecule has 0 atom stereocenters. The number of carbonyl (C=O) groups is 2. The van der Waals surface area contributed by atoms with E-state index in [0.29, 0.717) is 22.3 Å². The lowest BCUT2D eigenvalue weighted by Gasteiger charge is -2.07. The summed E-state index contributed by atoms with van der Waals surface area (Å²) in [6.45, 7) is 4.24. The van der Waals surface area contributed by atoms with E-state index in [0.717, 1.165) is 30.7 Å². The first kappa shape index (κ1) is 17.5. The van der Waals surface area contributed by atoms with Crippen molar-refractivity contribution >= 4 is 34.0 Å². The van der Waals surface area contributed by atoms with Crippen LogP contribution in [0.2, 0.25) is 0 Å². The third-order valence-corrected chi connectivity index (χ3v) is 5.34. The van der Waals surface area contributed by atoms with Crippen LogP contribution in [0.5, 0.6) is 0 Å². The molecule has 7 heteroatoms. The Bertz CT molecular complexity index is 766. The van der Waals surface area contributed by atoms with E-state index < -0.39 is 0 Å². The summed E-state index contributed by atoms with van der Waals surface area (Å²) in [5.41, 5.74) is 1.12. The number of anilines is 2. The maximum absolute atomic E-state index is 12.4. The highest BCUT2D eigenvalue weighted by Gasteiger charge is 2.29. The summed E-state index contributed by atoms with van der Waals surface area (Å²) in [5, 5.41) is 15.3. The highest BCUT2D eigenvalue weighted by Crippen LogP contribution is 2.30. The lowest BCUT2D eigenvalue weighted by atomic mass is 10.1. The molecule has 1 aromatic heterocycles. The van der Waals surface area contributed by atoms with Crippen molar-refractivity contribution in [2.75, 3.05) is 10.6 Å². The van der Waals surface area contributed by atoms with Gasteiger partial charge >= 0.3 is 0 Å². The smallest absolute Gasteiger partial charge is 0.257 e. The Balaban J connectivity index is 1.65. The second-order valence-corrected chi connectivity index (χ2v) is 7.27. The first-order valence-corrected chi connectivity index (χ1v) is 9.48. The van der Waals surface area contributed by atoms with Crippen molar-refractivity contribution < 1.29 is 9.59 Å². The highest BCUT2D eigenvalue weighted by molar-refractivity contribution is 7.15. The van der Waals surface area contributed by atoms with Crippen LogP contribution in [-0.2, 0) is 4.79 Å². The molecule has 0 spiro atoms. The second kappa shape index (κ2) is 7.74. The average molecular weight is 358 g/mol. The van der Waals surface area contributed by atoms with E-state index in [2.05, 4.69) is 34.7 Å².